The first-order valence-corrected chi connectivity index (χ1v) is 10.3. The van der Waals surface area contributed by atoms with Crippen LogP contribution in [0.1, 0.15) is 16.9 Å². The van der Waals surface area contributed by atoms with Gasteiger partial charge in [0, 0.05) is 18.8 Å². The summed E-state index contributed by atoms with van der Waals surface area (Å²) < 4.78 is 33.7. The van der Waals surface area contributed by atoms with Crippen molar-refractivity contribution in [3.8, 4) is 17.1 Å². The van der Waals surface area contributed by atoms with E-state index >= 15 is 0 Å². The highest BCUT2D eigenvalue weighted by molar-refractivity contribution is 6.05. The molecule has 2 aromatic carbocycles. The molecule has 3 aromatic rings. The molecule has 33 heavy (non-hydrogen) atoms. The zero-order valence-corrected chi connectivity index (χ0v) is 17.8. The molecule has 8 nitrogen and oxygen atoms in total. The second-order valence-corrected chi connectivity index (χ2v) is 7.68. The Labute approximate surface area is 189 Å². The molecular formula is C23H23F2N5O3. The SMILES string of the molecule is COc1cccc(F)c1-c1nccc(C(=O)Nc2cc(F)ccc2N2C[C@@H](N)C[C@H]2CO)n1. The van der Waals surface area contributed by atoms with Crippen LogP contribution in [0.5, 0.6) is 5.75 Å². The van der Waals surface area contributed by atoms with Crippen molar-refractivity contribution in [1.82, 2.24) is 9.97 Å². The zero-order chi connectivity index (χ0) is 23.5. The lowest BCUT2D eigenvalue weighted by atomic mass is 10.1. The van der Waals surface area contributed by atoms with Crippen molar-refractivity contribution >= 4 is 17.3 Å². The number of methoxy groups -OCH3 is 1. The van der Waals surface area contributed by atoms with Gasteiger partial charge in [-0.1, -0.05) is 6.07 Å². The van der Waals surface area contributed by atoms with Crippen LogP contribution < -0.4 is 20.7 Å². The van der Waals surface area contributed by atoms with Gasteiger partial charge in [0.2, 0.25) is 0 Å². The lowest BCUT2D eigenvalue weighted by Crippen LogP contribution is -2.33. The fraction of sp³-hybridized carbons (Fsp3) is 0.261. The van der Waals surface area contributed by atoms with Crippen LogP contribution in [-0.4, -0.2) is 53.3 Å². The molecule has 172 valence electrons. The molecule has 1 aliphatic rings. The summed E-state index contributed by atoms with van der Waals surface area (Å²) in [5.41, 5.74) is 6.75. The van der Waals surface area contributed by atoms with E-state index in [1.54, 1.807) is 6.07 Å². The monoisotopic (exact) mass is 455 g/mol. The average molecular weight is 455 g/mol. The lowest BCUT2D eigenvalue weighted by molar-refractivity contribution is 0.102. The minimum atomic E-state index is -0.634. The summed E-state index contributed by atoms with van der Waals surface area (Å²) in [5.74, 6) is -1.58. The smallest absolute Gasteiger partial charge is 0.274 e. The standard InChI is InChI=1S/C23H23F2N5O3/c1-33-20-4-2-3-16(25)21(20)22-27-8-7-17(28-22)23(32)29-18-9-13(24)5-6-19(18)30-11-14(26)10-15(30)12-31/h2-9,14-15,31H,10-12,26H2,1H3,(H,29,32)/t14-,15-/m0/s1. The Morgan fingerprint density at radius 3 is 2.88 bits per heavy atom. The third-order valence-corrected chi connectivity index (χ3v) is 5.48. The first-order valence-electron chi connectivity index (χ1n) is 10.3. The first-order chi connectivity index (χ1) is 15.9. The maximum absolute atomic E-state index is 14.4. The molecule has 0 radical (unpaired) electrons. The average Bonchev–Trinajstić information content (AvgIpc) is 3.19. The van der Waals surface area contributed by atoms with Crippen LogP contribution in [-0.2, 0) is 0 Å². The number of nitrogens with zero attached hydrogens (tertiary/aromatic N) is 3. The molecule has 0 aliphatic carbocycles. The molecule has 2 heterocycles. The molecule has 1 aliphatic heterocycles. The van der Waals surface area contributed by atoms with Gasteiger partial charge in [-0.05, 0) is 42.8 Å². The Morgan fingerprint density at radius 2 is 2.12 bits per heavy atom. The van der Waals surface area contributed by atoms with Crippen molar-refractivity contribution in [3.05, 3.63) is 66.0 Å². The number of ether oxygens (including phenoxy) is 1. The van der Waals surface area contributed by atoms with Gasteiger partial charge in [-0.2, -0.15) is 0 Å². The molecule has 10 heteroatoms. The highest BCUT2D eigenvalue weighted by Crippen LogP contribution is 2.33. The fourth-order valence-electron chi connectivity index (χ4n) is 3.96. The number of aliphatic hydroxyl groups is 1. The fourth-order valence-corrected chi connectivity index (χ4v) is 3.96. The first kappa shape index (κ1) is 22.6. The number of hydrogen-bond donors (Lipinski definition) is 3. The third-order valence-electron chi connectivity index (χ3n) is 5.48. The summed E-state index contributed by atoms with van der Waals surface area (Å²) in [6, 6.07) is 9.25. The molecule has 1 aromatic heterocycles. The summed E-state index contributed by atoms with van der Waals surface area (Å²) in [7, 11) is 1.39. The summed E-state index contributed by atoms with van der Waals surface area (Å²) in [6.45, 7) is 0.322. The van der Waals surface area contributed by atoms with Crippen LogP contribution in [0.4, 0.5) is 20.2 Å². The van der Waals surface area contributed by atoms with Crippen LogP contribution in [0.2, 0.25) is 0 Å². The van der Waals surface area contributed by atoms with Gasteiger partial charge in [0.05, 0.1) is 36.7 Å². The number of aromatic nitrogens is 2. The summed E-state index contributed by atoms with van der Waals surface area (Å²) in [4.78, 5) is 23.1. The number of nitrogens with two attached hydrogens (primary N) is 1. The van der Waals surface area contributed by atoms with Crippen molar-refractivity contribution in [1.29, 1.82) is 0 Å². The van der Waals surface area contributed by atoms with Crippen molar-refractivity contribution in [2.75, 3.05) is 30.5 Å². The van der Waals surface area contributed by atoms with E-state index in [2.05, 4.69) is 15.3 Å². The number of hydrogen-bond acceptors (Lipinski definition) is 7. The van der Waals surface area contributed by atoms with E-state index in [0.29, 0.717) is 18.7 Å². The van der Waals surface area contributed by atoms with E-state index in [0.717, 1.165) is 0 Å². The van der Waals surface area contributed by atoms with Crippen LogP contribution in [0.3, 0.4) is 0 Å². The topological polar surface area (TPSA) is 114 Å². The Morgan fingerprint density at radius 1 is 1.30 bits per heavy atom. The van der Waals surface area contributed by atoms with E-state index in [1.165, 1.54) is 49.7 Å². The minimum absolute atomic E-state index is 0.0251. The summed E-state index contributed by atoms with van der Waals surface area (Å²) >= 11 is 0. The number of benzene rings is 2. The number of carbonyl (C=O) groups is 1. The van der Waals surface area contributed by atoms with Crippen LogP contribution in [0.15, 0.2) is 48.7 Å². The Bertz CT molecular complexity index is 1180. The number of halogens is 2. The van der Waals surface area contributed by atoms with Gasteiger partial charge < -0.3 is 25.8 Å². The molecule has 0 unspecified atom stereocenters. The Kier molecular flexibility index (Phi) is 6.47. The number of amides is 1. The quantitative estimate of drug-likeness (QED) is 0.524. The third kappa shape index (κ3) is 4.62. The van der Waals surface area contributed by atoms with E-state index in [1.807, 2.05) is 4.90 Å². The number of nitrogens with one attached hydrogen (secondary N) is 1. The van der Waals surface area contributed by atoms with E-state index in [-0.39, 0.29) is 47.2 Å². The molecule has 2 atom stereocenters. The van der Waals surface area contributed by atoms with E-state index in [4.69, 9.17) is 10.5 Å². The Hall–Kier alpha value is -3.63. The van der Waals surface area contributed by atoms with E-state index < -0.39 is 17.5 Å². The van der Waals surface area contributed by atoms with Crippen molar-refractivity contribution in [2.24, 2.45) is 5.73 Å². The maximum atomic E-state index is 14.4. The lowest BCUT2D eigenvalue weighted by Gasteiger charge is -2.27. The van der Waals surface area contributed by atoms with Gasteiger partial charge in [-0.15, -0.1) is 0 Å². The van der Waals surface area contributed by atoms with Gasteiger partial charge in [0.25, 0.3) is 5.91 Å². The van der Waals surface area contributed by atoms with Crippen LogP contribution in [0.25, 0.3) is 11.4 Å². The van der Waals surface area contributed by atoms with Crippen molar-refractivity contribution < 1.29 is 23.4 Å². The molecule has 0 bridgehead atoms. The number of rotatable bonds is 6. The van der Waals surface area contributed by atoms with Crippen molar-refractivity contribution in [3.63, 3.8) is 0 Å². The Balaban J connectivity index is 1.66. The second-order valence-electron chi connectivity index (χ2n) is 7.68. The molecule has 0 spiro atoms. The molecular weight excluding hydrogens is 432 g/mol. The molecule has 1 amide bonds. The van der Waals surface area contributed by atoms with Gasteiger partial charge in [-0.25, -0.2) is 18.7 Å². The zero-order valence-electron chi connectivity index (χ0n) is 17.8. The number of anilines is 2. The minimum Gasteiger partial charge on any atom is -0.496 e. The molecule has 1 fully saturated rings. The molecule has 4 rings (SSSR count). The summed E-state index contributed by atoms with van der Waals surface area (Å²) in [5, 5.41) is 12.4. The normalized spacial score (nSPS) is 17.8. The molecule has 1 saturated heterocycles. The molecule has 4 N–H and O–H groups in total. The second kappa shape index (κ2) is 9.47. The highest BCUT2D eigenvalue weighted by Gasteiger charge is 2.31. The molecule has 0 saturated carbocycles. The largest absolute Gasteiger partial charge is 0.496 e. The van der Waals surface area contributed by atoms with Crippen LogP contribution in [0, 0.1) is 11.6 Å². The van der Waals surface area contributed by atoms with Crippen LogP contribution >= 0.6 is 0 Å². The van der Waals surface area contributed by atoms with Gasteiger partial charge >= 0.3 is 0 Å². The predicted octanol–water partition coefficient (Wildman–Crippen LogP) is 2.58. The summed E-state index contributed by atoms with van der Waals surface area (Å²) in [6.07, 6.45) is 1.90. The number of aliphatic hydroxyl groups excluding tert-OH is 1. The van der Waals surface area contributed by atoms with Gasteiger partial charge in [0.1, 0.15) is 23.1 Å². The van der Waals surface area contributed by atoms with Crippen molar-refractivity contribution in [2.45, 2.75) is 18.5 Å². The predicted molar refractivity (Wildman–Crippen MR) is 119 cm³/mol. The number of carbonyl (C=O) groups excluding carboxylic acids is 1. The van der Waals surface area contributed by atoms with Gasteiger partial charge in [-0.3, -0.25) is 4.79 Å². The maximum Gasteiger partial charge on any atom is 0.274 e. The van der Waals surface area contributed by atoms with Gasteiger partial charge in [0.15, 0.2) is 5.82 Å². The van der Waals surface area contributed by atoms with E-state index in [9.17, 15) is 18.7 Å². The highest BCUT2D eigenvalue weighted by atomic mass is 19.1.